The summed E-state index contributed by atoms with van der Waals surface area (Å²) >= 11 is 0. The van der Waals surface area contributed by atoms with Crippen molar-refractivity contribution in [2.75, 3.05) is 0 Å². The average Bonchev–Trinajstić information content (AvgIpc) is 2.33. The van der Waals surface area contributed by atoms with Crippen molar-refractivity contribution in [1.29, 1.82) is 0 Å². The molecule has 0 radical (unpaired) electrons. The maximum Gasteiger partial charge on any atom is -0.00735 e. The second kappa shape index (κ2) is 2.11. The van der Waals surface area contributed by atoms with E-state index in [4.69, 9.17) is 0 Å². The van der Waals surface area contributed by atoms with Crippen LogP contribution in [0.4, 0.5) is 0 Å². The number of hydrogen-bond acceptors (Lipinski definition) is 0. The highest BCUT2D eigenvalue weighted by molar-refractivity contribution is 5.38. The van der Waals surface area contributed by atoms with Crippen molar-refractivity contribution in [2.45, 2.75) is 41.0 Å². The van der Waals surface area contributed by atoms with Gasteiger partial charge in [-0.05, 0) is 31.6 Å². The number of rotatable bonds is 1. The first-order valence-electron chi connectivity index (χ1n) is 4.19. The predicted molar refractivity (Wildman–Crippen MR) is 45.9 cm³/mol. The van der Waals surface area contributed by atoms with Crippen LogP contribution in [0.1, 0.15) is 41.0 Å². The van der Waals surface area contributed by atoms with E-state index in [0.717, 1.165) is 5.92 Å². The molecule has 1 rings (SSSR count). The molecule has 1 saturated carbocycles. The molecule has 0 aromatic heterocycles. The van der Waals surface area contributed by atoms with Gasteiger partial charge in [-0.2, -0.15) is 0 Å². The third-order valence-electron chi connectivity index (χ3n) is 2.78. The molecule has 0 amide bonds. The molecule has 10 heavy (non-hydrogen) atoms. The SMILES string of the molecule is CCC1C(=C(C)C)C1(C)C. The molecule has 1 aliphatic carbocycles. The van der Waals surface area contributed by atoms with Crippen LogP contribution in [0.3, 0.4) is 0 Å². The Hall–Kier alpha value is -0.260. The molecule has 0 nitrogen and oxygen atoms in total. The van der Waals surface area contributed by atoms with Gasteiger partial charge in [0.1, 0.15) is 0 Å². The highest BCUT2D eigenvalue weighted by Crippen LogP contribution is 2.60. The zero-order chi connectivity index (χ0) is 7.94. The summed E-state index contributed by atoms with van der Waals surface area (Å²) in [5, 5.41) is 0. The lowest BCUT2D eigenvalue weighted by Crippen LogP contribution is -1.86. The first-order chi connectivity index (χ1) is 4.51. The van der Waals surface area contributed by atoms with Crippen LogP contribution >= 0.6 is 0 Å². The third-order valence-corrected chi connectivity index (χ3v) is 2.78. The fraction of sp³-hybridized carbons (Fsp3) is 0.800. The van der Waals surface area contributed by atoms with Crippen molar-refractivity contribution in [2.24, 2.45) is 11.3 Å². The van der Waals surface area contributed by atoms with Crippen LogP contribution in [0.2, 0.25) is 0 Å². The normalized spacial score (nSPS) is 28.5. The van der Waals surface area contributed by atoms with Crippen LogP contribution in [0.15, 0.2) is 11.1 Å². The van der Waals surface area contributed by atoms with Crippen molar-refractivity contribution in [3.05, 3.63) is 11.1 Å². The molecule has 0 heteroatoms. The zero-order valence-corrected chi connectivity index (χ0v) is 7.78. The molecule has 0 aliphatic heterocycles. The topological polar surface area (TPSA) is 0 Å². The Morgan fingerprint density at radius 1 is 1.40 bits per heavy atom. The highest BCUT2D eigenvalue weighted by atomic mass is 14.5. The van der Waals surface area contributed by atoms with Crippen molar-refractivity contribution in [3.8, 4) is 0 Å². The number of allylic oxidation sites excluding steroid dienone is 2. The van der Waals surface area contributed by atoms with E-state index in [-0.39, 0.29) is 0 Å². The third kappa shape index (κ3) is 0.902. The van der Waals surface area contributed by atoms with E-state index in [9.17, 15) is 0 Å². The predicted octanol–water partition coefficient (Wildman–Crippen LogP) is 3.39. The minimum absolute atomic E-state index is 0.535. The lowest BCUT2D eigenvalue weighted by molar-refractivity contribution is 0.553. The van der Waals surface area contributed by atoms with Crippen LogP contribution in [0.25, 0.3) is 0 Å². The van der Waals surface area contributed by atoms with Crippen LogP contribution < -0.4 is 0 Å². The molecule has 0 aromatic rings. The zero-order valence-electron chi connectivity index (χ0n) is 7.78. The van der Waals surface area contributed by atoms with Crippen LogP contribution in [-0.4, -0.2) is 0 Å². The molecule has 1 fully saturated rings. The summed E-state index contributed by atoms with van der Waals surface area (Å²) in [7, 11) is 0. The summed E-state index contributed by atoms with van der Waals surface area (Å²) in [6.45, 7) is 11.4. The van der Waals surface area contributed by atoms with E-state index >= 15 is 0 Å². The summed E-state index contributed by atoms with van der Waals surface area (Å²) in [5.41, 5.74) is 3.78. The monoisotopic (exact) mass is 138 g/mol. The van der Waals surface area contributed by atoms with Crippen molar-refractivity contribution in [3.63, 3.8) is 0 Å². The molecule has 1 unspecified atom stereocenters. The summed E-state index contributed by atoms with van der Waals surface area (Å²) in [6, 6.07) is 0. The fourth-order valence-corrected chi connectivity index (χ4v) is 2.35. The minimum Gasteiger partial charge on any atom is -0.0764 e. The summed E-state index contributed by atoms with van der Waals surface area (Å²) in [4.78, 5) is 0. The molecule has 0 heterocycles. The van der Waals surface area contributed by atoms with Gasteiger partial charge < -0.3 is 0 Å². The van der Waals surface area contributed by atoms with Gasteiger partial charge in [0.2, 0.25) is 0 Å². The molecule has 0 spiro atoms. The molecule has 58 valence electrons. The Balaban J connectivity index is 2.81. The second-order valence-electron chi connectivity index (χ2n) is 4.10. The Morgan fingerprint density at radius 3 is 2.00 bits per heavy atom. The van der Waals surface area contributed by atoms with Gasteiger partial charge in [0.05, 0.1) is 0 Å². The van der Waals surface area contributed by atoms with E-state index in [1.165, 1.54) is 12.0 Å². The molecular weight excluding hydrogens is 120 g/mol. The van der Waals surface area contributed by atoms with Crippen molar-refractivity contribution in [1.82, 2.24) is 0 Å². The van der Waals surface area contributed by atoms with Gasteiger partial charge in [0, 0.05) is 0 Å². The molecular formula is C10H18. The van der Waals surface area contributed by atoms with Gasteiger partial charge in [0.25, 0.3) is 0 Å². The molecule has 0 aromatic carbocycles. The van der Waals surface area contributed by atoms with Gasteiger partial charge >= 0.3 is 0 Å². The van der Waals surface area contributed by atoms with Crippen molar-refractivity contribution < 1.29 is 0 Å². The van der Waals surface area contributed by atoms with Gasteiger partial charge in [-0.3, -0.25) is 0 Å². The lowest BCUT2D eigenvalue weighted by Gasteiger charge is -1.95. The average molecular weight is 138 g/mol. The lowest BCUT2D eigenvalue weighted by atomic mass is 10.1. The molecule has 1 aliphatic rings. The summed E-state index contributed by atoms with van der Waals surface area (Å²) in [6.07, 6.45) is 1.31. The second-order valence-corrected chi connectivity index (χ2v) is 4.10. The Labute approximate surface area is 64.3 Å². The quantitative estimate of drug-likeness (QED) is 0.487. The molecule has 0 N–H and O–H groups in total. The smallest absolute Gasteiger partial charge is 0.00735 e. The van der Waals surface area contributed by atoms with Crippen molar-refractivity contribution >= 4 is 0 Å². The largest absolute Gasteiger partial charge is 0.0764 e. The summed E-state index contributed by atoms with van der Waals surface area (Å²) < 4.78 is 0. The van der Waals surface area contributed by atoms with Gasteiger partial charge in [-0.1, -0.05) is 31.9 Å². The van der Waals surface area contributed by atoms with E-state index in [1.54, 1.807) is 5.57 Å². The van der Waals surface area contributed by atoms with E-state index < -0.39 is 0 Å². The maximum atomic E-state index is 2.35. The van der Waals surface area contributed by atoms with Gasteiger partial charge in [-0.15, -0.1) is 0 Å². The first kappa shape index (κ1) is 7.84. The van der Waals surface area contributed by atoms with E-state index in [2.05, 4.69) is 34.6 Å². The highest BCUT2D eigenvalue weighted by Gasteiger charge is 2.50. The standard InChI is InChI=1S/C10H18/c1-6-8-9(7(2)3)10(8,4)5/h8H,6H2,1-5H3. The number of hydrogen-bond donors (Lipinski definition) is 0. The molecule has 0 bridgehead atoms. The first-order valence-corrected chi connectivity index (χ1v) is 4.19. The Bertz CT molecular complexity index is 168. The van der Waals surface area contributed by atoms with Gasteiger partial charge in [0.15, 0.2) is 0 Å². The molecule has 0 saturated heterocycles. The van der Waals surface area contributed by atoms with E-state index in [1.807, 2.05) is 0 Å². The van der Waals surface area contributed by atoms with Crippen LogP contribution in [-0.2, 0) is 0 Å². The van der Waals surface area contributed by atoms with Crippen LogP contribution in [0, 0.1) is 11.3 Å². The fourth-order valence-electron chi connectivity index (χ4n) is 2.35. The van der Waals surface area contributed by atoms with Gasteiger partial charge in [-0.25, -0.2) is 0 Å². The van der Waals surface area contributed by atoms with Crippen LogP contribution in [0.5, 0.6) is 0 Å². The maximum absolute atomic E-state index is 2.35. The van der Waals surface area contributed by atoms with E-state index in [0.29, 0.717) is 5.41 Å². The summed E-state index contributed by atoms with van der Waals surface area (Å²) in [5.74, 6) is 0.887. The Kier molecular flexibility index (Phi) is 1.66. The minimum atomic E-state index is 0.535. The molecule has 1 atom stereocenters. The Morgan fingerprint density at radius 2 is 1.90 bits per heavy atom.